The van der Waals surface area contributed by atoms with Crippen molar-refractivity contribution in [3.63, 3.8) is 0 Å². The Hall–Kier alpha value is -4.00. The third kappa shape index (κ3) is 7.25. The number of hydrogen-bond donors (Lipinski definition) is 0. The summed E-state index contributed by atoms with van der Waals surface area (Å²) in [6, 6.07) is 22.8. The average molecular weight is 493 g/mol. The lowest BCUT2D eigenvalue weighted by Crippen LogP contribution is -2.31. The number of rotatable bonds is 13. The van der Waals surface area contributed by atoms with E-state index < -0.39 is 17.9 Å². The first kappa shape index (κ1) is 26.6. The van der Waals surface area contributed by atoms with Crippen LogP contribution in [0.25, 0.3) is 0 Å². The molecule has 0 bridgehead atoms. The molecular weight excluding hydrogens is 460 g/mol. The first-order valence-electron chi connectivity index (χ1n) is 11.8. The highest BCUT2D eigenvalue weighted by atomic mass is 16.6. The minimum atomic E-state index is -1.16. The Morgan fingerprint density at radius 1 is 0.639 bits per heavy atom. The number of ether oxygens (including phenoxy) is 5. The van der Waals surface area contributed by atoms with Gasteiger partial charge in [-0.15, -0.1) is 0 Å². The molecule has 0 saturated heterocycles. The lowest BCUT2D eigenvalue weighted by molar-refractivity contribution is -0.162. The maximum absolute atomic E-state index is 13.1. The Bertz CT molecular complexity index is 1060. The quantitative estimate of drug-likeness (QED) is 0.258. The Labute approximate surface area is 211 Å². The zero-order chi connectivity index (χ0) is 25.8. The fraction of sp³-hybridized carbons (Fsp3) is 0.310. The summed E-state index contributed by atoms with van der Waals surface area (Å²) in [6.45, 7) is 0.305. The van der Waals surface area contributed by atoms with Crippen LogP contribution in [0.2, 0.25) is 0 Å². The summed E-state index contributed by atoms with van der Waals surface area (Å²) < 4.78 is 27.3. The molecule has 36 heavy (non-hydrogen) atoms. The molecule has 3 aromatic rings. The first-order chi connectivity index (χ1) is 17.6. The van der Waals surface area contributed by atoms with Gasteiger partial charge in [0.15, 0.2) is 17.4 Å². The smallest absolute Gasteiger partial charge is 0.320 e. The van der Waals surface area contributed by atoms with E-state index >= 15 is 0 Å². The fourth-order valence-electron chi connectivity index (χ4n) is 3.84. The first-order valence-corrected chi connectivity index (χ1v) is 11.8. The van der Waals surface area contributed by atoms with Crippen LogP contribution in [0.15, 0.2) is 72.8 Å². The highest BCUT2D eigenvalue weighted by Gasteiger charge is 2.32. The summed E-state index contributed by atoms with van der Waals surface area (Å²) in [5, 5.41) is 0. The van der Waals surface area contributed by atoms with Crippen molar-refractivity contribution in [1.82, 2.24) is 0 Å². The van der Waals surface area contributed by atoms with E-state index in [-0.39, 0.29) is 19.6 Å². The predicted molar refractivity (Wildman–Crippen MR) is 136 cm³/mol. The molecule has 0 aliphatic carbocycles. The number of hydrogen-bond acceptors (Lipinski definition) is 7. The second-order valence-corrected chi connectivity index (χ2v) is 8.06. The lowest BCUT2D eigenvalue weighted by Gasteiger charge is -2.19. The summed E-state index contributed by atoms with van der Waals surface area (Å²) in [4.78, 5) is 26.1. The second kappa shape index (κ2) is 13.8. The van der Waals surface area contributed by atoms with E-state index in [2.05, 4.69) is 0 Å². The van der Waals surface area contributed by atoms with Crippen molar-refractivity contribution in [2.75, 3.05) is 34.5 Å². The van der Waals surface area contributed by atoms with Gasteiger partial charge in [0.1, 0.15) is 0 Å². The molecule has 7 heteroatoms. The highest BCUT2D eigenvalue weighted by molar-refractivity contribution is 5.95. The molecule has 0 spiro atoms. The van der Waals surface area contributed by atoms with Gasteiger partial charge in [-0.2, -0.15) is 0 Å². The van der Waals surface area contributed by atoms with Crippen molar-refractivity contribution in [3.05, 3.63) is 89.5 Å². The summed E-state index contributed by atoms with van der Waals surface area (Å²) in [5.74, 6) is -1.21. The molecule has 0 aromatic heterocycles. The SMILES string of the molecule is COc1ccc(CC(C(=O)OCCc2ccccc2)C(=O)OCCc2ccccc2)c(OC)c1OC. The largest absolute Gasteiger partial charge is 0.493 e. The number of carbonyl (C=O) groups excluding carboxylic acids is 2. The van der Waals surface area contributed by atoms with Crippen LogP contribution in [0.4, 0.5) is 0 Å². The second-order valence-electron chi connectivity index (χ2n) is 8.06. The zero-order valence-corrected chi connectivity index (χ0v) is 20.9. The van der Waals surface area contributed by atoms with Crippen molar-refractivity contribution in [2.24, 2.45) is 5.92 Å². The molecule has 3 rings (SSSR count). The monoisotopic (exact) mass is 492 g/mol. The standard InChI is InChI=1S/C29H32O7/c1-32-25-15-14-23(26(33-2)27(25)34-3)20-24(28(30)35-18-16-21-10-6-4-7-11-21)29(31)36-19-17-22-12-8-5-9-13-22/h4-15,24H,16-20H2,1-3H3. The molecule has 0 amide bonds. The van der Waals surface area contributed by atoms with Crippen molar-refractivity contribution in [3.8, 4) is 17.2 Å². The third-order valence-electron chi connectivity index (χ3n) is 5.73. The fourth-order valence-corrected chi connectivity index (χ4v) is 3.84. The Kier molecular flexibility index (Phi) is 10.2. The minimum absolute atomic E-state index is 0.0257. The van der Waals surface area contributed by atoms with Gasteiger partial charge in [0, 0.05) is 19.3 Å². The van der Waals surface area contributed by atoms with Gasteiger partial charge >= 0.3 is 11.9 Å². The topological polar surface area (TPSA) is 80.3 Å². The Morgan fingerprint density at radius 3 is 1.58 bits per heavy atom. The zero-order valence-electron chi connectivity index (χ0n) is 20.9. The molecule has 0 fully saturated rings. The van der Waals surface area contributed by atoms with Gasteiger partial charge in [-0.05, 0) is 22.8 Å². The third-order valence-corrected chi connectivity index (χ3v) is 5.73. The van der Waals surface area contributed by atoms with Crippen molar-refractivity contribution in [1.29, 1.82) is 0 Å². The molecule has 0 N–H and O–H groups in total. The van der Waals surface area contributed by atoms with Gasteiger partial charge in [0.25, 0.3) is 0 Å². The van der Waals surface area contributed by atoms with Gasteiger partial charge < -0.3 is 23.7 Å². The van der Waals surface area contributed by atoms with E-state index in [1.54, 1.807) is 12.1 Å². The number of esters is 2. The molecule has 3 aromatic carbocycles. The number of methoxy groups -OCH3 is 3. The Morgan fingerprint density at radius 2 is 1.14 bits per heavy atom. The van der Waals surface area contributed by atoms with Gasteiger partial charge in [-0.25, -0.2) is 0 Å². The van der Waals surface area contributed by atoms with Crippen LogP contribution in [0, 0.1) is 5.92 Å². The summed E-state index contributed by atoms with van der Waals surface area (Å²) in [6.07, 6.45) is 1.11. The average Bonchev–Trinajstić information content (AvgIpc) is 2.92. The molecule has 190 valence electrons. The van der Waals surface area contributed by atoms with Crippen LogP contribution in [-0.4, -0.2) is 46.5 Å². The highest BCUT2D eigenvalue weighted by Crippen LogP contribution is 2.40. The molecule has 0 atom stereocenters. The maximum Gasteiger partial charge on any atom is 0.320 e. The van der Waals surface area contributed by atoms with E-state index in [9.17, 15) is 9.59 Å². The van der Waals surface area contributed by atoms with Gasteiger partial charge in [0.2, 0.25) is 5.75 Å². The van der Waals surface area contributed by atoms with E-state index in [4.69, 9.17) is 23.7 Å². The van der Waals surface area contributed by atoms with Crippen molar-refractivity contribution >= 4 is 11.9 Å². The predicted octanol–water partition coefficient (Wildman–Crippen LogP) is 4.44. The number of benzene rings is 3. The molecule has 0 radical (unpaired) electrons. The van der Waals surface area contributed by atoms with E-state index in [1.807, 2.05) is 60.7 Å². The molecular formula is C29H32O7. The van der Waals surface area contributed by atoms with Crippen molar-refractivity contribution < 1.29 is 33.3 Å². The Balaban J connectivity index is 1.74. The molecule has 0 saturated carbocycles. The van der Waals surface area contributed by atoms with Crippen LogP contribution in [-0.2, 0) is 38.3 Å². The summed E-state index contributed by atoms with van der Waals surface area (Å²) in [5.41, 5.74) is 2.67. The molecule has 0 unspecified atom stereocenters. The van der Waals surface area contributed by atoms with Crippen LogP contribution < -0.4 is 14.2 Å². The lowest BCUT2D eigenvalue weighted by atomic mass is 9.98. The normalized spacial score (nSPS) is 10.6. The van der Waals surface area contributed by atoms with Crippen LogP contribution in [0.1, 0.15) is 16.7 Å². The van der Waals surface area contributed by atoms with Gasteiger partial charge in [-0.1, -0.05) is 66.7 Å². The molecule has 0 heterocycles. The molecule has 0 aliphatic rings. The van der Waals surface area contributed by atoms with Crippen LogP contribution >= 0.6 is 0 Å². The summed E-state index contributed by atoms with van der Waals surface area (Å²) >= 11 is 0. The van der Waals surface area contributed by atoms with E-state index in [0.29, 0.717) is 35.7 Å². The van der Waals surface area contributed by atoms with E-state index in [0.717, 1.165) is 11.1 Å². The van der Waals surface area contributed by atoms with Gasteiger partial charge in [0.05, 0.1) is 34.5 Å². The van der Waals surface area contributed by atoms with Crippen LogP contribution in [0.3, 0.4) is 0 Å². The minimum Gasteiger partial charge on any atom is -0.493 e. The summed E-state index contributed by atoms with van der Waals surface area (Å²) in [7, 11) is 4.51. The molecule has 7 nitrogen and oxygen atoms in total. The van der Waals surface area contributed by atoms with Gasteiger partial charge in [-0.3, -0.25) is 9.59 Å². The maximum atomic E-state index is 13.1. The van der Waals surface area contributed by atoms with E-state index in [1.165, 1.54) is 21.3 Å². The molecule has 0 aliphatic heterocycles. The van der Waals surface area contributed by atoms with Crippen LogP contribution in [0.5, 0.6) is 17.2 Å². The van der Waals surface area contributed by atoms with Crippen molar-refractivity contribution in [2.45, 2.75) is 19.3 Å². The number of carbonyl (C=O) groups is 2.